The van der Waals surface area contributed by atoms with Crippen molar-refractivity contribution in [1.29, 1.82) is 0 Å². The number of likely N-dealkylation sites (tertiary alicyclic amines) is 1. The van der Waals surface area contributed by atoms with Gasteiger partial charge < -0.3 is 0 Å². The molecule has 4 heterocycles. The molecule has 0 N–H and O–H groups in total. The summed E-state index contributed by atoms with van der Waals surface area (Å²) in [5.74, 6) is 0.746. The Hall–Kier alpha value is -2.27. The minimum Gasteiger partial charge on any atom is -0.290 e. The lowest BCUT2D eigenvalue weighted by molar-refractivity contribution is 0.245. The smallest absolute Gasteiger partial charge is 0.108 e. The third-order valence-electron chi connectivity index (χ3n) is 5.30. The zero-order valence-corrected chi connectivity index (χ0v) is 13.7. The highest BCUT2D eigenvalue weighted by Crippen LogP contribution is 2.40. The van der Waals surface area contributed by atoms with Gasteiger partial charge in [0.05, 0.1) is 11.6 Å². The molecule has 24 heavy (non-hydrogen) atoms. The highest BCUT2D eigenvalue weighted by Gasteiger charge is 2.30. The van der Waals surface area contributed by atoms with E-state index >= 15 is 0 Å². The first-order valence-corrected chi connectivity index (χ1v) is 8.86. The summed E-state index contributed by atoms with van der Waals surface area (Å²) in [4.78, 5) is 6.75. The monoisotopic (exact) mass is 319 g/mol. The maximum Gasteiger partial charge on any atom is 0.108 e. The van der Waals surface area contributed by atoms with Gasteiger partial charge in [0.1, 0.15) is 5.69 Å². The molecule has 1 saturated carbocycles. The number of pyridine rings is 2. The van der Waals surface area contributed by atoms with Gasteiger partial charge in [-0.1, -0.05) is 17.3 Å². The molecule has 0 bridgehead atoms. The van der Waals surface area contributed by atoms with E-state index in [2.05, 4.69) is 44.6 Å². The number of rotatable bonds is 4. The van der Waals surface area contributed by atoms with Crippen LogP contribution in [0.3, 0.4) is 0 Å². The fourth-order valence-corrected chi connectivity index (χ4v) is 3.88. The van der Waals surface area contributed by atoms with Crippen LogP contribution in [0.5, 0.6) is 0 Å². The summed E-state index contributed by atoms with van der Waals surface area (Å²) in [6.45, 7) is 2.04. The van der Waals surface area contributed by atoms with Gasteiger partial charge in [0.25, 0.3) is 0 Å². The van der Waals surface area contributed by atoms with Crippen LogP contribution in [0.25, 0.3) is 5.52 Å². The van der Waals surface area contributed by atoms with Crippen LogP contribution in [-0.2, 0) is 6.54 Å². The number of hydrogen-bond donors (Lipinski definition) is 0. The van der Waals surface area contributed by atoms with E-state index in [1.807, 2.05) is 23.0 Å². The molecule has 1 aliphatic carbocycles. The molecule has 0 radical (unpaired) electrons. The van der Waals surface area contributed by atoms with Crippen molar-refractivity contribution in [3.05, 3.63) is 59.7 Å². The lowest BCUT2D eigenvalue weighted by Crippen LogP contribution is -2.23. The normalized spacial score (nSPS) is 21.6. The molecule has 5 rings (SSSR count). The van der Waals surface area contributed by atoms with Crippen LogP contribution >= 0.6 is 0 Å². The Morgan fingerprint density at radius 2 is 2.08 bits per heavy atom. The Labute approximate surface area is 141 Å². The third kappa shape index (κ3) is 2.49. The Balaban J connectivity index is 1.45. The molecular formula is C19H21N5. The van der Waals surface area contributed by atoms with E-state index in [1.165, 1.54) is 30.4 Å². The second kappa shape index (κ2) is 5.67. The average Bonchev–Trinajstić information content (AvgIpc) is 3.24. The van der Waals surface area contributed by atoms with Crippen LogP contribution in [-0.4, -0.2) is 31.3 Å². The number of nitrogens with zero attached hydrogens (tertiary/aromatic N) is 5. The fourth-order valence-electron chi connectivity index (χ4n) is 3.88. The van der Waals surface area contributed by atoms with E-state index in [9.17, 15) is 0 Å². The quantitative estimate of drug-likeness (QED) is 0.740. The summed E-state index contributed by atoms with van der Waals surface area (Å²) in [6.07, 6.45) is 11.0. The summed E-state index contributed by atoms with van der Waals surface area (Å²) in [5, 5.41) is 8.95. The van der Waals surface area contributed by atoms with Crippen LogP contribution in [0.15, 0.2) is 42.9 Å². The topological polar surface area (TPSA) is 46.3 Å². The van der Waals surface area contributed by atoms with Crippen molar-refractivity contribution >= 4 is 5.52 Å². The molecular weight excluding hydrogens is 298 g/mol. The standard InChI is InChI=1S/C19H21N5/c1-3-14(11-20-9-1)12-23-10-2-4-17(23)19-18-8-7-16(15-5-6-15)13-24(18)22-21-19/h1,3,7-9,11,13,15,17H,2,4-6,10,12H2. The highest BCUT2D eigenvalue weighted by atomic mass is 15.4. The zero-order chi connectivity index (χ0) is 15.9. The molecule has 5 heteroatoms. The van der Waals surface area contributed by atoms with Crippen LogP contribution in [0.4, 0.5) is 0 Å². The molecule has 122 valence electrons. The van der Waals surface area contributed by atoms with Gasteiger partial charge in [-0.2, -0.15) is 0 Å². The lowest BCUT2D eigenvalue weighted by atomic mass is 10.1. The fraction of sp³-hybridized carbons (Fsp3) is 0.421. The maximum atomic E-state index is 4.55. The molecule has 0 aromatic carbocycles. The van der Waals surface area contributed by atoms with E-state index in [1.54, 1.807) is 0 Å². The van der Waals surface area contributed by atoms with Crippen LogP contribution < -0.4 is 0 Å². The molecule has 1 aliphatic heterocycles. The van der Waals surface area contributed by atoms with Gasteiger partial charge in [0, 0.05) is 25.1 Å². The van der Waals surface area contributed by atoms with Crippen molar-refractivity contribution in [2.24, 2.45) is 0 Å². The molecule has 3 aromatic heterocycles. The molecule has 1 atom stereocenters. The summed E-state index contributed by atoms with van der Waals surface area (Å²) >= 11 is 0. The van der Waals surface area contributed by atoms with E-state index < -0.39 is 0 Å². The van der Waals surface area contributed by atoms with Crippen molar-refractivity contribution < 1.29 is 0 Å². The summed E-state index contributed by atoms with van der Waals surface area (Å²) < 4.78 is 1.98. The molecule has 1 unspecified atom stereocenters. The zero-order valence-electron chi connectivity index (χ0n) is 13.7. The van der Waals surface area contributed by atoms with Gasteiger partial charge in [0.2, 0.25) is 0 Å². The third-order valence-corrected chi connectivity index (χ3v) is 5.30. The Bertz CT molecular complexity index is 853. The predicted octanol–water partition coefficient (Wildman–Crippen LogP) is 3.34. The minimum absolute atomic E-state index is 0.356. The van der Waals surface area contributed by atoms with Gasteiger partial charge in [0.15, 0.2) is 0 Å². The molecule has 1 saturated heterocycles. The second-order valence-corrected chi connectivity index (χ2v) is 7.03. The number of aromatic nitrogens is 4. The van der Waals surface area contributed by atoms with Gasteiger partial charge in [-0.15, -0.1) is 5.10 Å². The van der Waals surface area contributed by atoms with E-state index in [-0.39, 0.29) is 0 Å². The summed E-state index contributed by atoms with van der Waals surface area (Å²) in [6, 6.07) is 8.99. The largest absolute Gasteiger partial charge is 0.290 e. The van der Waals surface area contributed by atoms with E-state index in [0.717, 1.165) is 36.6 Å². The van der Waals surface area contributed by atoms with Crippen molar-refractivity contribution in [2.45, 2.75) is 44.2 Å². The Morgan fingerprint density at radius 1 is 1.12 bits per heavy atom. The van der Waals surface area contributed by atoms with Crippen LogP contribution in [0, 0.1) is 0 Å². The van der Waals surface area contributed by atoms with E-state index in [4.69, 9.17) is 0 Å². The SMILES string of the molecule is c1cncc(CN2CCCC2c2nnn3cc(C4CC4)ccc23)c1. The first-order valence-electron chi connectivity index (χ1n) is 8.86. The van der Waals surface area contributed by atoms with Crippen molar-refractivity contribution in [2.75, 3.05) is 6.54 Å². The second-order valence-electron chi connectivity index (χ2n) is 7.03. The Morgan fingerprint density at radius 3 is 2.92 bits per heavy atom. The van der Waals surface area contributed by atoms with Crippen molar-refractivity contribution in [3.63, 3.8) is 0 Å². The Kier molecular flexibility index (Phi) is 3.33. The molecule has 5 nitrogen and oxygen atoms in total. The van der Waals surface area contributed by atoms with Crippen LogP contribution in [0.2, 0.25) is 0 Å². The number of fused-ring (bicyclic) bond motifs is 1. The first-order chi connectivity index (χ1) is 11.9. The molecule has 0 amide bonds. The molecule has 2 aliphatic rings. The molecule has 0 spiro atoms. The van der Waals surface area contributed by atoms with Crippen molar-refractivity contribution in [3.8, 4) is 0 Å². The maximum absolute atomic E-state index is 4.55. The first kappa shape index (κ1) is 14.1. The average molecular weight is 319 g/mol. The summed E-state index contributed by atoms with van der Waals surface area (Å²) in [5.41, 5.74) is 4.94. The van der Waals surface area contributed by atoms with Gasteiger partial charge in [-0.05, 0) is 61.4 Å². The minimum atomic E-state index is 0.356. The number of hydrogen-bond acceptors (Lipinski definition) is 4. The van der Waals surface area contributed by atoms with E-state index in [0.29, 0.717) is 6.04 Å². The van der Waals surface area contributed by atoms with Gasteiger partial charge in [-0.3, -0.25) is 9.88 Å². The predicted molar refractivity (Wildman–Crippen MR) is 91.6 cm³/mol. The summed E-state index contributed by atoms with van der Waals surface area (Å²) in [7, 11) is 0. The van der Waals surface area contributed by atoms with Gasteiger partial charge in [-0.25, -0.2) is 4.52 Å². The molecule has 3 aromatic rings. The lowest BCUT2D eigenvalue weighted by Gasteiger charge is -2.22. The van der Waals surface area contributed by atoms with Crippen LogP contribution in [0.1, 0.15) is 54.5 Å². The van der Waals surface area contributed by atoms with Gasteiger partial charge >= 0.3 is 0 Å². The highest BCUT2D eigenvalue weighted by molar-refractivity contribution is 5.53. The molecule has 2 fully saturated rings. The van der Waals surface area contributed by atoms with Crippen molar-refractivity contribution in [1.82, 2.24) is 24.7 Å².